The quantitative estimate of drug-likeness (QED) is 0.0416. The SMILES string of the molecule is CO/N=C/[C@@H](F)[C@H](OC(=O)c1ccc2ccccc2c1)[C@@H](COC(=O)c1ccc2ccccc2c1)OS(=O)(=O)c1cc(Cl)c(Cl)cc1Cl. The van der Waals surface area contributed by atoms with Crippen molar-refractivity contribution in [2.45, 2.75) is 23.3 Å². The molecule has 0 heterocycles. The van der Waals surface area contributed by atoms with Crippen molar-refractivity contribution in [3.8, 4) is 0 Å². The molecule has 14 heteroatoms. The Morgan fingerprint density at radius 2 is 1.31 bits per heavy atom. The van der Waals surface area contributed by atoms with Crippen LogP contribution in [0.5, 0.6) is 0 Å². The molecule has 0 aromatic heterocycles. The Bertz CT molecular complexity index is 2130. The molecule has 48 heavy (non-hydrogen) atoms. The number of esters is 2. The Hall–Kier alpha value is -4.26. The van der Waals surface area contributed by atoms with Crippen molar-refractivity contribution in [2.75, 3.05) is 13.7 Å². The van der Waals surface area contributed by atoms with E-state index < -0.39 is 51.9 Å². The van der Waals surface area contributed by atoms with Crippen molar-refractivity contribution >= 4 is 84.6 Å². The number of rotatable bonds is 12. The van der Waals surface area contributed by atoms with Gasteiger partial charge < -0.3 is 14.3 Å². The zero-order valence-electron chi connectivity index (χ0n) is 24.9. The molecule has 0 saturated carbocycles. The first-order chi connectivity index (χ1) is 23.0. The molecule has 0 unspecified atom stereocenters. The van der Waals surface area contributed by atoms with E-state index in [1.54, 1.807) is 42.5 Å². The molecule has 0 bridgehead atoms. The Morgan fingerprint density at radius 1 is 0.771 bits per heavy atom. The lowest BCUT2D eigenvalue weighted by Gasteiger charge is -2.27. The number of nitrogens with zero attached hydrogens (tertiary/aromatic N) is 1. The topological polar surface area (TPSA) is 118 Å². The van der Waals surface area contributed by atoms with E-state index in [-0.39, 0.29) is 26.2 Å². The largest absolute Gasteiger partial charge is 0.459 e. The third-order valence-corrected chi connectivity index (χ3v) is 9.60. The Balaban J connectivity index is 1.50. The molecule has 0 aliphatic carbocycles. The lowest BCUT2D eigenvalue weighted by Crippen LogP contribution is -2.45. The summed E-state index contributed by atoms with van der Waals surface area (Å²) in [6.07, 6.45) is -5.71. The second-order valence-corrected chi connectivity index (χ2v) is 13.0. The summed E-state index contributed by atoms with van der Waals surface area (Å²) in [6, 6.07) is 25.9. The van der Waals surface area contributed by atoms with Crippen molar-refractivity contribution in [3.05, 3.63) is 123 Å². The third-order valence-electron chi connectivity index (χ3n) is 7.08. The number of hydrogen-bond donors (Lipinski definition) is 0. The van der Waals surface area contributed by atoms with Gasteiger partial charge in [-0.05, 0) is 57.9 Å². The van der Waals surface area contributed by atoms with Crippen molar-refractivity contribution in [2.24, 2.45) is 5.16 Å². The summed E-state index contributed by atoms with van der Waals surface area (Å²) < 4.78 is 59.3. The summed E-state index contributed by atoms with van der Waals surface area (Å²) >= 11 is 18.2. The zero-order chi connectivity index (χ0) is 34.4. The van der Waals surface area contributed by atoms with Crippen LogP contribution in [0, 0.1) is 0 Å². The number of hydrogen-bond acceptors (Lipinski definition) is 9. The maximum atomic E-state index is 15.8. The van der Waals surface area contributed by atoms with E-state index in [1.165, 1.54) is 18.2 Å². The van der Waals surface area contributed by atoms with Crippen molar-refractivity contribution < 1.29 is 40.9 Å². The molecule has 0 aliphatic rings. The fourth-order valence-electron chi connectivity index (χ4n) is 4.70. The second kappa shape index (κ2) is 15.3. The normalized spacial score (nSPS) is 13.7. The Labute approximate surface area is 289 Å². The first-order valence-corrected chi connectivity index (χ1v) is 16.7. The predicted octanol–water partition coefficient (Wildman–Crippen LogP) is 8.08. The Kier molecular flexibility index (Phi) is 11.2. The van der Waals surface area contributed by atoms with Crippen LogP contribution in [0.4, 0.5) is 4.39 Å². The summed E-state index contributed by atoms with van der Waals surface area (Å²) in [7, 11) is -3.75. The second-order valence-electron chi connectivity index (χ2n) is 10.3. The molecule has 0 radical (unpaired) electrons. The molecule has 0 fully saturated rings. The first kappa shape index (κ1) is 35.1. The predicted molar refractivity (Wildman–Crippen MR) is 181 cm³/mol. The van der Waals surface area contributed by atoms with Gasteiger partial charge >= 0.3 is 11.9 Å². The van der Waals surface area contributed by atoms with Gasteiger partial charge in [0.1, 0.15) is 18.6 Å². The van der Waals surface area contributed by atoms with Crippen LogP contribution in [0.1, 0.15) is 20.7 Å². The number of fused-ring (bicyclic) bond motifs is 2. The maximum Gasteiger partial charge on any atom is 0.338 e. The van der Waals surface area contributed by atoms with Gasteiger partial charge in [0.2, 0.25) is 0 Å². The summed E-state index contributed by atoms with van der Waals surface area (Å²) in [4.78, 5) is 30.5. The highest BCUT2D eigenvalue weighted by Gasteiger charge is 2.39. The third kappa shape index (κ3) is 8.23. The van der Waals surface area contributed by atoms with Crippen molar-refractivity contribution in [3.63, 3.8) is 0 Å². The van der Waals surface area contributed by atoms with E-state index >= 15 is 4.39 Å². The standard InChI is InChI=1S/C34H25Cl3FNO8S/c1-44-39-18-29(38)32(46-34(41)25-13-11-21-7-3-5-9-23(21)15-25)30(47-48(42,43)31-17-27(36)26(35)16-28(31)37)19-45-33(40)24-12-10-20-6-2-4-8-22(20)14-24/h2-18,29-30,32H,19H2,1H3/b39-18+/t29-,30-,32+/m1/s1. The molecular formula is C34H25Cl3FNO8S. The van der Waals surface area contributed by atoms with Crippen LogP contribution in [-0.2, 0) is 28.6 Å². The van der Waals surface area contributed by atoms with Gasteiger partial charge in [0.25, 0.3) is 10.1 Å². The van der Waals surface area contributed by atoms with Crippen molar-refractivity contribution in [1.82, 2.24) is 0 Å². The monoisotopic (exact) mass is 731 g/mol. The summed E-state index contributed by atoms with van der Waals surface area (Å²) in [5, 5.41) is 5.94. The molecule has 0 amide bonds. The van der Waals surface area contributed by atoms with Crippen LogP contribution in [-0.4, -0.2) is 58.7 Å². The maximum absolute atomic E-state index is 15.8. The number of halogens is 4. The lowest BCUT2D eigenvalue weighted by atomic mass is 10.1. The average Bonchev–Trinajstić information content (AvgIpc) is 3.08. The minimum absolute atomic E-state index is 0.0249. The van der Waals surface area contributed by atoms with Gasteiger partial charge in [-0.2, -0.15) is 8.42 Å². The molecule has 5 aromatic carbocycles. The van der Waals surface area contributed by atoms with Crippen LogP contribution in [0.2, 0.25) is 15.1 Å². The van der Waals surface area contributed by atoms with Crippen LogP contribution >= 0.6 is 34.8 Å². The summed E-state index contributed by atoms with van der Waals surface area (Å²) in [5.41, 5.74) is 0.141. The fourth-order valence-corrected chi connectivity index (χ4v) is 6.75. The number of ether oxygens (including phenoxy) is 2. The number of alkyl halides is 1. The van der Waals surface area contributed by atoms with Gasteiger partial charge in [0.15, 0.2) is 18.4 Å². The molecule has 248 valence electrons. The Morgan fingerprint density at radius 3 is 1.90 bits per heavy atom. The first-order valence-electron chi connectivity index (χ1n) is 14.1. The van der Waals surface area contributed by atoms with E-state index in [9.17, 15) is 18.0 Å². The smallest absolute Gasteiger partial charge is 0.338 e. The zero-order valence-corrected chi connectivity index (χ0v) is 28.0. The van der Waals surface area contributed by atoms with E-state index in [2.05, 4.69) is 9.99 Å². The van der Waals surface area contributed by atoms with Gasteiger partial charge in [-0.1, -0.05) is 101 Å². The highest BCUT2D eigenvalue weighted by atomic mass is 35.5. The molecule has 0 spiro atoms. The number of carbonyl (C=O) groups excluding carboxylic acids is 2. The van der Waals surface area contributed by atoms with Gasteiger partial charge in [-0.25, -0.2) is 14.0 Å². The van der Waals surface area contributed by atoms with Gasteiger partial charge in [-0.3, -0.25) is 4.18 Å². The molecule has 0 aliphatic heterocycles. The number of oxime groups is 1. The molecule has 0 N–H and O–H groups in total. The molecule has 5 rings (SSSR count). The van der Waals surface area contributed by atoms with E-state index in [0.29, 0.717) is 11.6 Å². The molecule has 5 aromatic rings. The average molecular weight is 733 g/mol. The van der Waals surface area contributed by atoms with Gasteiger partial charge in [0.05, 0.1) is 32.4 Å². The summed E-state index contributed by atoms with van der Waals surface area (Å²) in [6.45, 7) is -0.902. The minimum atomic E-state index is -4.90. The molecular weight excluding hydrogens is 708 g/mol. The molecule has 9 nitrogen and oxygen atoms in total. The van der Waals surface area contributed by atoms with E-state index in [4.69, 9.17) is 48.5 Å². The van der Waals surface area contributed by atoms with Crippen LogP contribution < -0.4 is 0 Å². The van der Waals surface area contributed by atoms with Crippen LogP contribution in [0.3, 0.4) is 0 Å². The van der Waals surface area contributed by atoms with E-state index in [0.717, 1.165) is 35.4 Å². The number of carbonyl (C=O) groups is 2. The van der Waals surface area contributed by atoms with Crippen LogP contribution in [0.15, 0.2) is 107 Å². The van der Waals surface area contributed by atoms with Gasteiger partial charge in [-0.15, -0.1) is 0 Å². The fraction of sp³-hybridized carbons (Fsp3) is 0.147. The van der Waals surface area contributed by atoms with Crippen LogP contribution in [0.25, 0.3) is 21.5 Å². The highest BCUT2D eigenvalue weighted by molar-refractivity contribution is 7.87. The minimum Gasteiger partial charge on any atom is -0.459 e. The lowest BCUT2D eigenvalue weighted by molar-refractivity contribution is -0.0478. The molecule has 3 atom stereocenters. The van der Waals surface area contributed by atoms with E-state index in [1.807, 2.05) is 24.3 Å². The summed E-state index contributed by atoms with van der Waals surface area (Å²) in [5.74, 6) is -1.92. The molecule has 0 saturated heterocycles. The highest BCUT2D eigenvalue weighted by Crippen LogP contribution is 2.33. The number of benzene rings is 5. The van der Waals surface area contributed by atoms with Gasteiger partial charge in [0, 0.05) is 0 Å². The van der Waals surface area contributed by atoms with Crippen molar-refractivity contribution in [1.29, 1.82) is 0 Å².